The molecule has 1 amide bonds. The van der Waals surface area contributed by atoms with Gasteiger partial charge in [-0.2, -0.15) is 0 Å². The molecular formula is C26H28N2O6S. The van der Waals surface area contributed by atoms with Crippen molar-refractivity contribution in [1.29, 1.82) is 0 Å². The molecule has 1 aliphatic rings. The van der Waals surface area contributed by atoms with Crippen molar-refractivity contribution in [2.75, 3.05) is 20.8 Å². The van der Waals surface area contributed by atoms with E-state index in [0.29, 0.717) is 18.1 Å². The first kappa shape index (κ1) is 24.6. The van der Waals surface area contributed by atoms with Gasteiger partial charge in [0.15, 0.2) is 0 Å². The van der Waals surface area contributed by atoms with Gasteiger partial charge >= 0.3 is 0 Å². The fourth-order valence-electron chi connectivity index (χ4n) is 4.14. The van der Waals surface area contributed by atoms with E-state index in [1.54, 1.807) is 44.6 Å². The first-order valence-electron chi connectivity index (χ1n) is 11.2. The second-order valence-electron chi connectivity index (χ2n) is 8.10. The SMILES string of the molecule is COc1ccc(OC)c(C2CCCN2C(=O)/C=C/c2ccc(S(=O)(=O)NCc3ccco3)cc2)c1. The minimum Gasteiger partial charge on any atom is -0.497 e. The summed E-state index contributed by atoms with van der Waals surface area (Å²) in [6.07, 6.45) is 6.42. The molecule has 9 heteroatoms. The maximum Gasteiger partial charge on any atom is 0.247 e. The molecule has 0 spiro atoms. The molecule has 0 radical (unpaired) electrons. The number of nitrogens with zero attached hydrogens (tertiary/aromatic N) is 1. The lowest BCUT2D eigenvalue weighted by Gasteiger charge is -2.25. The van der Waals surface area contributed by atoms with Crippen LogP contribution in [0.5, 0.6) is 11.5 Å². The van der Waals surface area contributed by atoms with Gasteiger partial charge in [-0.1, -0.05) is 12.1 Å². The zero-order chi connectivity index (χ0) is 24.8. The Hall–Kier alpha value is -3.56. The van der Waals surface area contributed by atoms with Crippen LogP contribution in [0, 0.1) is 0 Å². The average molecular weight is 497 g/mol. The lowest BCUT2D eigenvalue weighted by molar-refractivity contribution is -0.126. The van der Waals surface area contributed by atoms with E-state index in [-0.39, 0.29) is 23.4 Å². The fourth-order valence-corrected chi connectivity index (χ4v) is 5.13. The topological polar surface area (TPSA) is 98.1 Å². The van der Waals surface area contributed by atoms with Gasteiger partial charge in [-0.15, -0.1) is 0 Å². The Morgan fingerprint density at radius 2 is 1.94 bits per heavy atom. The molecule has 1 unspecified atom stereocenters. The van der Waals surface area contributed by atoms with Gasteiger partial charge < -0.3 is 18.8 Å². The summed E-state index contributed by atoms with van der Waals surface area (Å²) in [6, 6.07) is 15.2. The van der Waals surface area contributed by atoms with E-state index in [2.05, 4.69) is 4.72 Å². The van der Waals surface area contributed by atoms with Gasteiger partial charge in [-0.25, -0.2) is 13.1 Å². The fraction of sp³-hybridized carbons (Fsp3) is 0.269. The molecule has 0 bridgehead atoms. The highest BCUT2D eigenvalue weighted by molar-refractivity contribution is 7.89. The normalized spacial score (nSPS) is 16.1. The third kappa shape index (κ3) is 5.75. The second kappa shape index (κ2) is 10.8. The van der Waals surface area contributed by atoms with Crippen LogP contribution in [-0.4, -0.2) is 40.0 Å². The molecule has 4 rings (SSSR count). The van der Waals surface area contributed by atoms with E-state index in [1.165, 1.54) is 24.5 Å². The Balaban J connectivity index is 1.44. The second-order valence-corrected chi connectivity index (χ2v) is 9.87. The van der Waals surface area contributed by atoms with Crippen molar-refractivity contribution in [3.05, 3.63) is 83.8 Å². The number of ether oxygens (including phenoxy) is 2. The maximum atomic E-state index is 13.0. The number of carbonyl (C=O) groups is 1. The summed E-state index contributed by atoms with van der Waals surface area (Å²) in [7, 11) is -0.457. The lowest BCUT2D eigenvalue weighted by atomic mass is 10.0. The third-order valence-electron chi connectivity index (χ3n) is 5.96. The van der Waals surface area contributed by atoms with Crippen LogP contribution >= 0.6 is 0 Å². The molecule has 2 heterocycles. The number of sulfonamides is 1. The molecule has 2 aromatic carbocycles. The number of furan rings is 1. The van der Waals surface area contributed by atoms with Crippen molar-refractivity contribution in [1.82, 2.24) is 9.62 Å². The van der Waals surface area contributed by atoms with Gasteiger partial charge in [0, 0.05) is 18.2 Å². The highest BCUT2D eigenvalue weighted by atomic mass is 32.2. The van der Waals surface area contributed by atoms with Crippen LogP contribution in [0.2, 0.25) is 0 Å². The van der Waals surface area contributed by atoms with Crippen molar-refractivity contribution in [2.45, 2.75) is 30.3 Å². The summed E-state index contributed by atoms with van der Waals surface area (Å²) in [5.41, 5.74) is 1.64. The van der Waals surface area contributed by atoms with E-state index < -0.39 is 10.0 Å². The molecule has 184 valence electrons. The number of benzene rings is 2. The monoisotopic (exact) mass is 496 g/mol. The summed E-state index contributed by atoms with van der Waals surface area (Å²) in [5, 5.41) is 0. The van der Waals surface area contributed by atoms with E-state index in [9.17, 15) is 13.2 Å². The summed E-state index contributed by atoms with van der Waals surface area (Å²) < 4.78 is 43.5. The molecule has 1 fully saturated rings. The summed E-state index contributed by atoms with van der Waals surface area (Å²) in [6.45, 7) is 0.716. The predicted molar refractivity (Wildman–Crippen MR) is 131 cm³/mol. The van der Waals surface area contributed by atoms with E-state index in [0.717, 1.165) is 29.7 Å². The first-order chi connectivity index (χ1) is 16.9. The van der Waals surface area contributed by atoms with E-state index in [1.807, 2.05) is 23.1 Å². The number of rotatable bonds is 9. The Bertz CT molecular complexity index is 1280. The maximum absolute atomic E-state index is 13.0. The number of amides is 1. The Labute approximate surface area is 205 Å². The lowest BCUT2D eigenvalue weighted by Crippen LogP contribution is -2.29. The molecular weight excluding hydrogens is 468 g/mol. The van der Waals surface area contributed by atoms with Gasteiger partial charge in [0.25, 0.3) is 0 Å². The molecule has 1 atom stereocenters. The largest absolute Gasteiger partial charge is 0.497 e. The standard InChI is InChI=1S/C26H28N2O6S/c1-32-20-10-13-25(33-2)23(17-20)24-6-3-15-28(24)26(29)14-9-19-7-11-22(12-8-19)35(30,31)27-18-21-5-4-16-34-21/h4-5,7-14,16-17,24,27H,3,6,15,18H2,1-2H3/b14-9+. The van der Waals surface area contributed by atoms with Crippen LogP contribution in [0.3, 0.4) is 0 Å². The molecule has 0 aliphatic carbocycles. The number of hydrogen-bond donors (Lipinski definition) is 1. The van der Waals surface area contributed by atoms with Crippen LogP contribution in [0.25, 0.3) is 6.08 Å². The number of likely N-dealkylation sites (tertiary alicyclic amines) is 1. The van der Waals surface area contributed by atoms with E-state index in [4.69, 9.17) is 13.9 Å². The van der Waals surface area contributed by atoms with Gasteiger partial charge in [0.05, 0.1) is 38.0 Å². The number of carbonyl (C=O) groups excluding carboxylic acids is 1. The molecule has 1 saturated heterocycles. The molecule has 1 N–H and O–H groups in total. The predicted octanol–water partition coefficient (Wildman–Crippen LogP) is 4.15. The van der Waals surface area contributed by atoms with Crippen LogP contribution in [-0.2, 0) is 21.4 Å². The molecule has 1 aromatic heterocycles. The first-order valence-corrected chi connectivity index (χ1v) is 12.7. The van der Waals surface area contributed by atoms with E-state index >= 15 is 0 Å². The van der Waals surface area contributed by atoms with Gasteiger partial charge in [-0.05, 0) is 66.9 Å². The number of nitrogens with one attached hydrogen (secondary N) is 1. The van der Waals surface area contributed by atoms with Crippen LogP contribution in [0.15, 0.2) is 76.2 Å². The smallest absolute Gasteiger partial charge is 0.247 e. The molecule has 8 nitrogen and oxygen atoms in total. The Kier molecular flexibility index (Phi) is 7.57. The molecule has 1 aliphatic heterocycles. The highest BCUT2D eigenvalue weighted by Crippen LogP contribution is 2.39. The molecule has 35 heavy (non-hydrogen) atoms. The van der Waals surface area contributed by atoms with Crippen LogP contribution in [0.1, 0.15) is 35.8 Å². The van der Waals surface area contributed by atoms with Crippen molar-refractivity contribution in [3.8, 4) is 11.5 Å². The average Bonchev–Trinajstić information content (AvgIpc) is 3.58. The quantitative estimate of drug-likeness (QED) is 0.447. The summed E-state index contributed by atoms with van der Waals surface area (Å²) in [4.78, 5) is 15.0. The van der Waals surface area contributed by atoms with Crippen molar-refractivity contribution in [2.24, 2.45) is 0 Å². The van der Waals surface area contributed by atoms with Crippen LogP contribution < -0.4 is 14.2 Å². The zero-order valence-corrected chi connectivity index (χ0v) is 20.5. The molecule has 0 saturated carbocycles. The van der Waals surface area contributed by atoms with Gasteiger partial charge in [0.2, 0.25) is 15.9 Å². The minimum atomic E-state index is -3.68. The Morgan fingerprint density at radius 3 is 2.63 bits per heavy atom. The number of methoxy groups -OCH3 is 2. The zero-order valence-electron chi connectivity index (χ0n) is 19.6. The molecule has 3 aromatic rings. The van der Waals surface area contributed by atoms with Crippen LogP contribution in [0.4, 0.5) is 0 Å². The third-order valence-corrected chi connectivity index (χ3v) is 7.37. The van der Waals surface area contributed by atoms with Gasteiger partial charge in [0.1, 0.15) is 17.3 Å². The summed E-state index contributed by atoms with van der Waals surface area (Å²) in [5.74, 6) is 1.84. The van der Waals surface area contributed by atoms with Gasteiger partial charge in [-0.3, -0.25) is 4.79 Å². The summed E-state index contributed by atoms with van der Waals surface area (Å²) >= 11 is 0. The highest BCUT2D eigenvalue weighted by Gasteiger charge is 2.31. The van der Waals surface area contributed by atoms with Crippen molar-refractivity contribution < 1.29 is 27.1 Å². The van der Waals surface area contributed by atoms with Crippen molar-refractivity contribution in [3.63, 3.8) is 0 Å². The van der Waals surface area contributed by atoms with Crippen molar-refractivity contribution >= 4 is 22.0 Å². The number of hydrogen-bond acceptors (Lipinski definition) is 6. The Morgan fingerprint density at radius 1 is 1.14 bits per heavy atom. The minimum absolute atomic E-state index is 0.0700.